The van der Waals surface area contributed by atoms with Gasteiger partial charge in [-0.15, -0.1) is 0 Å². The first-order valence-corrected chi connectivity index (χ1v) is 7.08. The van der Waals surface area contributed by atoms with Crippen molar-refractivity contribution < 1.29 is 14.3 Å². The van der Waals surface area contributed by atoms with Crippen LogP contribution in [-0.2, 0) is 14.3 Å². The summed E-state index contributed by atoms with van der Waals surface area (Å²) in [5.74, 6) is -0.174. The third kappa shape index (κ3) is 10.5. The van der Waals surface area contributed by atoms with E-state index in [0.717, 1.165) is 32.1 Å². The highest BCUT2D eigenvalue weighted by atomic mass is 16.5. The summed E-state index contributed by atoms with van der Waals surface area (Å²) in [5.41, 5.74) is 0.428. The molecule has 0 heterocycles. The molecular formula is C16H27NO3. The second-order valence-corrected chi connectivity index (χ2v) is 5.19. The van der Waals surface area contributed by atoms with E-state index in [9.17, 15) is 9.59 Å². The smallest absolute Gasteiger partial charge is 0.333 e. The van der Waals surface area contributed by atoms with Gasteiger partial charge < -0.3 is 9.53 Å². The quantitative estimate of drug-likeness (QED) is 0.192. The molecule has 0 aliphatic carbocycles. The molecule has 0 bridgehead atoms. The number of likely N-dealkylation sites (N-methyl/N-ethyl adjacent to an activating group) is 1. The van der Waals surface area contributed by atoms with Crippen LogP contribution in [0.4, 0.5) is 0 Å². The molecule has 20 heavy (non-hydrogen) atoms. The molecule has 0 amide bonds. The summed E-state index contributed by atoms with van der Waals surface area (Å²) >= 11 is 0. The van der Waals surface area contributed by atoms with Crippen LogP contribution in [0.25, 0.3) is 0 Å². The highest BCUT2D eigenvalue weighted by Crippen LogP contribution is 2.05. The molecule has 1 unspecified atom stereocenters. The summed E-state index contributed by atoms with van der Waals surface area (Å²) < 4.78 is 5.02. The zero-order chi connectivity index (χ0) is 15.4. The van der Waals surface area contributed by atoms with Gasteiger partial charge in [0.25, 0.3) is 0 Å². The van der Waals surface area contributed by atoms with Crippen LogP contribution < -0.4 is 0 Å². The van der Waals surface area contributed by atoms with E-state index in [1.54, 1.807) is 6.92 Å². The summed E-state index contributed by atoms with van der Waals surface area (Å²) in [6.07, 6.45) is 8.22. The number of ether oxygens (including phenoxy) is 1. The fourth-order valence-corrected chi connectivity index (χ4v) is 1.51. The van der Waals surface area contributed by atoms with Crippen LogP contribution >= 0.6 is 0 Å². The molecule has 0 aromatic heterocycles. The third-order valence-electron chi connectivity index (χ3n) is 2.90. The Balaban J connectivity index is 3.57. The van der Waals surface area contributed by atoms with Crippen LogP contribution in [0, 0.1) is 5.92 Å². The number of aldehydes is 1. The van der Waals surface area contributed by atoms with Crippen molar-refractivity contribution in [3.05, 3.63) is 24.3 Å². The van der Waals surface area contributed by atoms with Crippen LogP contribution in [-0.4, -0.2) is 43.9 Å². The van der Waals surface area contributed by atoms with Gasteiger partial charge in [0.1, 0.15) is 12.9 Å². The largest absolute Gasteiger partial charge is 0.461 e. The van der Waals surface area contributed by atoms with Crippen LogP contribution in [0.2, 0.25) is 0 Å². The Morgan fingerprint density at radius 1 is 1.40 bits per heavy atom. The van der Waals surface area contributed by atoms with Crippen molar-refractivity contribution in [1.29, 1.82) is 0 Å². The Bertz CT molecular complexity index is 337. The maximum atomic E-state index is 11.2. The van der Waals surface area contributed by atoms with Crippen molar-refractivity contribution >= 4 is 12.3 Å². The molecule has 4 nitrogen and oxygen atoms in total. The van der Waals surface area contributed by atoms with Crippen molar-refractivity contribution in [3.8, 4) is 0 Å². The topological polar surface area (TPSA) is 46.6 Å². The van der Waals surface area contributed by atoms with Gasteiger partial charge in [-0.05, 0) is 33.2 Å². The second-order valence-electron chi connectivity index (χ2n) is 5.19. The SMILES string of the molecule is C=C(C)C(=O)OCCN(C)C/C=C/CCCC(C)C=O. The molecule has 0 rings (SSSR count). The van der Waals surface area contributed by atoms with Gasteiger partial charge >= 0.3 is 5.97 Å². The zero-order valence-corrected chi connectivity index (χ0v) is 12.9. The van der Waals surface area contributed by atoms with Crippen LogP contribution in [0.5, 0.6) is 0 Å². The predicted octanol–water partition coefficient (Wildman–Crippen LogP) is 2.60. The van der Waals surface area contributed by atoms with Gasteiger partial charge in [0.15, 0.2) is 0 Å². The Kier molecular flexibility index (Phi) is 10.6. The van der Waals surface area contributed by atoms with Crippen molar-refractivity contribution in [2.24, 2.45) is 5.92 Å². The van der Waals surface area contributed by atoms with Crippen LogP contribution in [0.1, 0.15) is 33.1 Å². The van der Waals surface area contributed by atoms with Gasteiger partial charge in [-0.3, -0.25) is 4.90 Å². The molecular weight excluding hydrogens is 254 g/mol. The van der Waals surface area contributed by atoms with E-state index in [4.69, 9.17) is 4.74 Å². The molecule has 0 aliphatic rings. The maximum Gasteiger partial charge on any atom is 0.333 e. The van der Waals surface area contributed by atoms with E-state index in [0.29, 0.717) is 18.7 Å². The number of hydrogen-bond donors (Lipinski definition) is 0. The molecule has 0 aliphatic heterocycles. The standard InChI is InChI=1S/C16H27NO3/c1-14(2)16(19)20-12-11-17(4)10-8-6-5-7-9-15(3)13-18/h6,8,13,15H,1,5,7,9-12H2,2-4H3/b8-6+. The molecule has 1 atom stereocenters. The Labute approximate surface area is 122 Å². The van der Waals surface area contributed by atoms with Crippen molar-refractivity contribution in [1.82, 2.24) is 4.90 Å². The zero-order valence-electron chi connectivity index (χ0n) is 12.9. The lowest BCUT2D eigenvalue weighted by atomic mass is 10.1. The van der Waals surface area contributed by atoms with E-state index in [1.165, 1.54) is 0 Å². The molecule has 0 saturated carbocycles. The normalized spacial score (nSPS) is 12.6. The number of unbranched alkanes of at least 4 members (excludes halogenated alkanes) is 1. The minimum Gasteiger partial charge on any atom is -0.461 e. The first-order chi connectivity index (χ1) is 9.47. The van der Waals surface area contributed by atoms with Gasteiger partial charge in [-0.25, -0.2) is 4.79 Å². The fourth-order valence-electron chi connectivity index (χ4n) is 1.51. The lowest BCUT2D eigenvalue weighted by Crippen LogP contribution is -2.24. The fraction of sp³-hybridized carbons (Fsp3) is 0.625. The number of carbonyl (C=O) groups excluding carboxylic acids is 2. The predicted molar refractivity (Wildman–Crippen MR) is 81.5 cm³/mol. The van der Waals surface area contributed by atoms with Gasteiger partial charge in [-0.1, -0.05) is 25.7 Å². The summed E-state index contributed by atoms with van der Waals surface area (Å²) in [6.45, 7) is 9.02. The van der Waals surface area contributed by atoms with Crippen molar-refractivity contribution in [2.75, 3.05) is 26.7 Å². The van der Waals surface area contributed by atoms with Gasteiger partial charge in [0.05, 0.1) is 0 Å². The lowest BCUT2D eigenvalue weighted by Gasteiger charge is -2.14. The molecule has 114 valence electrons. The maximum absolute atomic E-state index is 11.2. The Morgan fingerprint density at radius 2 is 2.10 bits per heavy atom. The minimum absolute atomic E-state index is 0.161. The first-order valence-electron chi connectivity index (χ1n) is 7.08. The third-order valence-corrected chi connectivity index (χ3v) is 2.90. The number of esters is 1. The van der Waals surface area contributed by atoms with E-state index in [1.807, 2.05) is 14.0 Å². The highest BCUT2D eigenvalue weighted by Gasteiger charge is 2.03. The summed E-state index contributed by atoms with van der Waals surface area (Å²) in [5, 5.41) is 0. The molecule has 0 aromatic rings. The van der Waals surface area contributed by atoms with Crippen molar-refractivity contribution in [2.45, 2.75) is 33.1 Å². The number of nitrogens with zero attached hydrogens (tertiary/aromatic N) is 1. The number of hydrogen-bond acceptors (Lipinski definition) is 4. The van der Waals surface area contributed by atoms with Gasteiger partial charge in [0, 0.05) is 24.6 Å². The number of rotatable bonds is 11. The summed E-state index contributed by atoms with van der Waals surface area (Å²) in [7, 11) is 1.98. The average Bonchev–Trinajstić information content (AvgIpc) is 2.41. The average molecular weight is 281 g/mol. The Hall–Kier alpha value is -1.42. The van der Waals surface area contributed by atoms with E-state index in [2.05, 4.69) is 23.6 Å². The summed E-state index contributed by atoms with van der Waals surface area (Å²) in [6, 6.07) is 0. The molecule has 0 aromatic carbocycles. The number of carbonyl (C=O) groups is 2. The molecule has 4 heteroatoms. The molecule has 0 radical (unpaired) electrons. The number of allylic oxidation sites excluding steroid dienone is 1. The van der Waals surface area contributed by atoms with E-state index in [-0.39, 0.29) is 11.9 Å². The molecule has 0 spiro atoms. The van der Waals surface area contributed by atoms with Crippen LogP contribution in [0.3, 0.4) is 0 Å². The molecule has 0 fully saturated rings. The van der Waals surface area contributed by atoms with Crippen molar-refractivity contribution in [3.63, 3.8) is 0 Å². The summed E-state index contributed by atoms with van der Waals surface area (Å²) in [4.78, 5) is 23.7. The Morgan fingerprint density at radius 3 is 2.70 bits per heavy atom. The monoisotopic (exact) mass is 281 g/mol. The van der Waals surface area contributed by atoms with Gasteiger partial charge in [-0.2, -0.15) is 0 Å². The van der Waals surface area contributed by atoms with Gasteiger partial charge in [0.2, 0.25) is 0 Å². The van der Waals surface area contributed by atoms with E-state index >= 15 is 0 Å². The molecule has 0 saturated heterocycles. The first kappa shape index (κ1) is 18.6. The van der Waals surface area contributed by atoms with E-state index < -0.39 is 0 Å². The minimum atomic E-state index is -0.335. The lowest BCUT2D eigenvalue weighted by molar-refractivity contribution is -0.139. The second kappa shape index (κ2) is 11.4. The molecule has 0 N–H and O–H groups in total. The van der Waals surface area contributed by atoms with Crippen LogP contribution in [0.15, 0.2) is 24.3 Å². The highest BCUT2D eigenvalue weighted by molar-refractivity contribution is 5.86.